The summed E-state index contributed by atoms with van der Waals surface area (Å²) in [6, 6.07) is 0. The van der Waals surface area contributed by atoms with Gasteiger partial charge in [-0.2, -0.15) is 0 Å². The largest absolute Gasteiger partial charge is 1.00 e. The molecule has 0 spiro atoms. The van der Waals surface area contributed by atoms with Gasteiger partial charge in [-0.3, -0.25) is 4.90 Å². The van der Waals surface area contributed by atoms with E-state index in [0.29, 0.717) is 0 Å². The van der Waals surface area contributed by atoms with Gasteiger partial charge in [0, 0.05) is 32.7 Å². The van der Waals surface area contributed by atoms with Crippen molar-refractivity contribution in [1.29, 1.82) is 0 Å². The first-order valence-electron chi connectivity index (χ1n) is 3.42. The summed E-state index contributed by atoms with van der Waals surface area (Å²) in [6.07, 6.45) is 0. The fourth-order valence-electron chi connectivity index (χ4n) is 1.05. The molecule has 0 radical (unpaired) electrons. The minimum Gasteiger partial charge on any atom is -0.549 e. The predicted octanol–water partition coefficient (Wildman–Crippen LogP) is -5.35. The van der Waals surface area contributed by atoms with E-state index in [0.717, 1.165) is 26.2 Å². The van der Waals surface area contributed by atoms with Crippen molar-refractivity contribution < 1.29 is 39.5 Å². The second-order valence-electron chi connectivity index (χ2n) is 2.40. The molecule has 0 aromatic rings. The molecule has 1 N–H and O–H groups in total. The maximum Gasteiger partial charge on any atom is 1.00 e. The number of carbonyl (C=O) groups excluding carboxylic acids is 1. The number of carboxylic acid groups (broad SMARTS) is 1. The first kappa shape index (κ1) is 11.4. The monoisotopic (exact) mass is 166 g/mol. The zero-order valence-electron chi connectivity index (χ0n) is 6.80. The van der Waals surface area contributed by atoms with E-state index in [-0.39, 0.29) is 36.1 Å². The topological polar surface area (TPSA) is 55.4 Å². The number of hydrogen-bond acceptors (Lipinski definition) is 4. The molecule has 0 unspecified atom stereocenters. The van der Waals surface area contributed by atoms with Gasteiger partial charge < -0.3 is 15.2 Å². The van der Waals surface area contributed by atoms with E-state index >= 15 is 0 Å². The molecule has 1 aliphatic rings. The summed E-state index contributed by atoms with van der Waals surface area (Å²) in [5, 5.41) is 13.2. The van der Waals surface area contributed by atoms with Crippen LogP contribution in [0.4, 0.5) is 0 Å². The van der Waals surface area contributed by atoms with Crippen LogP contribution in [-0.4, -0.2) is 43.6 Å². The third-order valence-electron chi connectivity index (χ3n) is 1.56. The van der Waals surface area contributed by atoms with Gasteiger partial charge >= 0.3 is 29.6 Å². The van der Waals surface area contributed by atoms with Gasteiger partial charge in [0.25, 0.3) is 0 Å². The molecule has 0 aliphatic carbocycles. The van der Waals surface area contributed by atoms with Gasteiger partial charge in [0.2, 0.25) is 0 Å². The number of aliphatic carboxylic acids is 1. The number of hydrogen-bond donors (Lipinski definition) is 1. The molecular formula is C6H11N2NaO2. The van der Waals surface area contributed by atoms with Crippen LogP contribution >= 0.6 is 0 Å². The molecule has 0 bridgehead atoms. The number of carboxylic acids is 1. The van der Waals surface area contributed by atoms with Crippen LogP contribution < -0.4 is 40.0 Å². The van der Waals surface area contributed by atoms with Crippen LogP contribution in [0.25, 0.3) is 0 Å². The average molecular weight is 166 g/mol. The molecule has 1 rings (SSSR count). The van der Waals surface area contributed by atoms with Crippen LogP contribution in [-0.2, 0) is 4.79 Å². The molecule has 4 nitrogen and oxygen atoms in total. The average Bonchev–Trinajstić information content (AvgIpc) is 1.88. The van der Waals surface area contributed by atoms with E-state index in [1.54, 1.807) is 0 Å². The Morgan fingerprint density at radius 3 is 2.45 bits per heavy atom. The normalized spacial score (nSPS) is 18.9. The Balaban J connectivity index is 0.000001000. The molecule has 1 heterocycles. The number of carbonyl (C=O) groups is 1. The molecule has 5 heteroatoms. The van der Waals surface area contributed by atoms with Gasteiger partial charge in [-0.25, -0.2) is 0 Å². The third-order valence-corrected chi connectivity index (χ3v) is 1.56. The van der Waals surface area contributed by atoms with E-state index in [1.165, 1.54) is 0 Å². The van der Waals surface area contributed by atoms with Crippen LogP contribution in [0, 0.1) is 0 Å². The maximum atomic E-state index is 10.1. The predicted molar refractivity (Wildman–Crippen MR) is 34.3 cm³/mol. The zero-order chi connectivity index (χ0) is 7.40. The van der Waals surface area contributed by atoms with Crippen LogP contribution in [0.1, 0.15) is 0 Å². The van der Waals surface area contributed by atoms with Crippen molar-refractivity contribution in [3.05, 3.63) is 0 Å². The SMILES string of the molecule is O=C([O-])CN1CCNCC1.[Na+]. The van der Waals surface area contributed by atoms with Gasteiger partial charge in [-0.1, -0.05) is 0 Å². The Labute approximate surface area is 88.2 Å². The third kappa shape index (κ3) is 4.76. The standard InChI is InChI=1S/C6H12N2O2.Na/c9-6(10)5-8-3-1-7-2-4-8;/h7H,1-5H2,(H,9,10);/q;+1/p-1. The minimum atomic E-state index is -0.984. The number of nitrogens with one attached hydrogen (secondary N) is 1. The van der Waals surface area contributed by atoms with Gasteiger partial charge in [0.15, 0.2) is 0 Å². The summed E-state index contributed by atoms with van der Waals surface area (Å²) in [5.74, 6) is -0.984. The van der Waals surface area contributed by atoms with Crippen molar-refractivity contribution in [2.24, 2.45) is 0 Å². The maximum absolute atomic E-state index is 10.1. The van der Waals surface area contributed by atoms with E-state index in [1.807, 2.05) is 4.90 Å². The smallest absolute Gasteiger partial charge is 0.549 e. The first-order valence-corrected chi connectivity index (χ1v) is 3.42. The minimum absolute atomic E-state index is 0. The Hall–Kier alpha value is 0.390. The van der Waals surface area contributed by atoms with Crippen LogP contribution in [0.15, 0.2) is 0 Å². The van der Waals surface area contributed by atoms with Gasteiger partial charge in [0.1, 0.15) is 0 Å². The quantitative estimate of drug-likeness (QED) is 0.416. The Morgan fingerprint density at radius 1 is 1.45 bits per heavy atom. The fraction of sp³-hybridized carbons (Fsp3) is 0.833. The Bertz CT molecular complexity index is 126. The van der Waals surface area contributed by atoms with E-state index in [2.05, 4.69) is 5.32 Å². The molecule has 0 saturated carbocycles. The molecule has 1 fully saturated rings. The zero-order valence-corrected chi connectivity index (χ0v) is 8.80. The van der Waals surface area contributed by atoms with Crippen LogP contribution in [0.3, 0.4) is 0 Å². The molecular weight excluding hydrogens is 155 g/mol. The van der Waals surface area contributed by atoms with E-state index in [9.17, 15) is 9.90 Å². The Morgan fingerprint density at radius 2 is 2.00 bits per heavy atom. The molecule has 0 amide bonds. The molecule has 0 atom stereocenters. The molecule has 1 saturated heterocycles. The van der Waals surface area contributed by atoms with Gasteiger partial charge in [-0.15, -0.1) is 0 Å². The summed E-state index contributed by atoms with van der Waals surface area (Å²) in [4.78, 5) is 12.0. The van der Waals surface area contributed by atoms with Crippen molar-refractivity contribution in [1.82, 2.24) is 10.2 Å². The van der Waals surface area contributed by atoms with Gasteiger partial charge in [0.05, 0.1) is 5.97 Å². The van der Waals surface area contributed by atoms with Crippen molar-refractivity contribution >= 4 is 5.97 Å². The number of nitrogens with zero attached hydrogens (tertiary/aromatic N) is 1. The summed E-state index contributed by atoms with van der Waals surface area (Å²) in [6.45, 7) is 3.46. The van der Waals surface area contributed by atoms with Crippen molar-refractivity contribution in [3.8, 4) is 0 Å². The molecule has 11 heavy (non-hydrogen) atoms. The Kier molecular flexibility index (Phi) is 6.18. The second kappa shape index (κ2) is 5.97. The first-order chi connectivity index (χ1) is 4.79. The number of rotatable bonds is 2. The van der Waals surface area contributed by atoms with Crippen molar-refractivity contribution in [2.75, 3.05) is 32.7 Å². The summed E-state index contributed by atoms with van der Waals surface area (Å²) >= 11 is 0. The summed E-state index contributed by atoms with van der Waals surface area (Å²) in [7, 11) is 0. The summed E-state index contributed by atoms with van der Waals surface area (Å²) < 4.78 is 0. The van der Waals surface area contributed by atoms with E-state index < -0.39 is 5.97 Å². The molecule has 1 aliphatic heterocycles. The van der Waals surface area contributed by atoms with Crippen molar-refractivity contribution in [3.63, 3.8) is 0 Å². The van der Waals surface area contributed by atoms with E-state index in [4.69, 9.17) is 0 Å². The van der Waals surface area contributed by atoms with Crippen molar-refractivity contribution in [2.45, 2.75) is 0 Å². The van der Waals surface area contributed by atoms with Gasteiger partial charge in [-0.05, 0) is 0 Å². The summed E-state index contributed by atoms with van der Waals surface area (Å²) in [5.41, 5.74) is 0. The fourth-order valence-corrected chi connectivity index (χ4v) is 1.05. The molecule has 58 valence electrons. The number of piperazine rings is 1. The molecule has 0 aromatic carbocycles. The van der Waals surface area contributed by atoms with Crippen LogP contribution in [0.2, 0.25) is 0 Å². The van der Waals surface area contributed by atoms with Crippen LogP contribution in [0.5, 0.6) is 0 Å². The second-order valence-corrected chi connectivity index (χ2v) is 2.40. The molecule has 0 aromatic heterocycles.